The van der Waals surface area contributed by atoms with Gasteiger partial charge in [0.15, 0.2) is 0 Å². The fraction of sp³-hybridized carbons (Fsp3) is 0.455. The van der Waals surface area contributed by atoms with Crippen LogP contribution < -0.4 is 4.90 Å². The van der Waals surface area contributed by atoms with Crippen molar-refractivity contribution in [3.63, 3.8) is 0 Å². The molecule has 1 aromatic carbocycles. The van der Waals surface area contributed by atoms with Crippen LogP contribution in [0.15, 0.2) is 24.3 Å². The van der Waals surface area contributed by atoms with Crippen LogP contribution in [0.1, 0.15) is 0 Å². The second kappa shape index (κ2) is 3.79. The van der Waals surface area contributed by atoms with E-state index in [-0.39, 0.29) is 0 Å². The zero-order chi connectivity index (χ0) is 9.10. The molecule has 1 saturated heterocycles. The molecule has 2 rings (SSSR count). The summed E-state index contributed by atoms with van der Waals surface area (Å²) in [6.45, 7) is 4.56. The quantitative estimate of drug-likeness (QED) is 0.633. The molecule has 1 aliphatic rings. The van der Waals surface area contributed by atoms with E-state index in [2.05, 4.69) is 35.0 Å². The van der Waals surface area contributed by atoms with Crippen LogP contribution in [-0.2, 0) is 0 Å². The lowest BCUT2D eigenvalue weighted by Gasteiger charge is -2.33. The number of nitrogens with zero attached hydrogens (tertiary/aromatic N) is 2. The van der Waals surface area contributed by atoms with Crippen molar-refractivity contribution in [1.29, 1.82) is 0 Å². The van der Waals surface area contributed by atoms with Crippen LogP contribution in [0.2, 0.25) is 0 Å². The zero-order valence-corrected chi connectivity index (χ0v) is 8.03. The SMILES string of the molecule is CN1CCN(c2[c]cccc2)CC1. The minimum Gasteiger partial charge on any atom is -0.368 e. The van der Waals surface area contributed by atoms with Gasteiger partial charge >= 0.3 is 0 Å². The molecule has 1 aliphatic heterocycles. The molecule has 13 heavy (non-hydrogen) atoms. The van der Waals surface area contributed by atoms with E-state index in [4.69, 9.17) is 0 Å². The van der Waals surface area contributed by atoms with Crippen molar-refractivity contribution >= 4 is 5.69 Å². The maximum atomic E-state index is 3.26. The van der Waals surface area contributed by atoms with Crippen molar-refractivity contribution in [3.8, 4) is 0 Å². The molecule has 0 aromatic heterocycles. The minimum atomic E-state index is 1.12. The highest BCUT2D eigenvalue weighted by atomic mass is 15.2. The highest BCUT2D eigenvalue weighted by molar-refractivity contribution is 5.45. The van der Waals surface area contributed by atoms with Crippen LogP contribution in [0.5, 0.6) is 0 Å². The molecule has 2 nitrogen and oxygen atoms in total. The molecule has 0 atom stereocenters. The monoisotopic (exact) mass is 175 g/mol. The first kappa shape index (κ1) is 8.57. The highest BCUT2D eigenvalue weighted by Gasteiger charge is 2.13. The fourth-order valence-electron chi connectivity index (χ4n) is 1.63. The molecule has 0 aliphatic carbocycles. The summed E-state index contributed by atoms with van der Waals surface area (Å²) in [6, 6.07) is 11.5. The topological polar surface area (TPSA) is 6.48 Å². The van der Waals surface area contributed by atoms with E-state index >= 15 is 0 Å². The van der Waals surface area contributed by atoms with E-state index in [1.165, 1.54) is 5.69 Å². The second-order valence-corrected chi connectivity index (χ2v) is 3.54. The minimum absolute atomic E-state index is 1.12. The molecular weight excluding hydrogens is 160 g/mol. The van der Waals surface area contributed by atoms with Gasteiger partial charge in [0.2, 0.25) is 0 Å². The number of para-hydroxylation sites is 1. The fourth-order valence-corrected chi connectivity index (χ4v) is 1.63. The Morgan fingerprint density at radius 1 is 1.15 bits per heavy atom. The standard InChI is InChI=1S/C11H15N2/c1-12-7-9-13(10-8-12)11-5-3-2-4-6-11/h2-5H,7-10H2,1H3. The number of rotatable bonds is 1. The average molecular weight is 175 g/mol. The van der Waals surface area contributed by atoms with Crippen molar-refractivity contribution in [2.75, 3.05) is 38.1 Å². The third kappa shape index (κ3) is 2.01. The van der Waals surface area contributed by atoms with E-state index in [0.29, 0.717) is 0 Å². The van der Waals surface area contributed by atoms with Gasteiger partial charge in [-0.1, -0.05) is 18.2 Å². The van der Waals surface area contributed by atoms with Gasteiger partial charge in [0.25, 0.3) is 0 Å². The number of hydrogen-bond acceptors (Lipinski definition) is 2. The van der Waals surface area contributed by atoms with E-state index in [9.17, 15) is 0 Å². The Morgan fingerprint density at radius 3 is 2.54 bits per heavy atom. The molecule has 0 bridgehead atoms. The van der Waals surface area contributed by atoms with Gasteiger partial charge < -0.3 is 9.80 Å². The van der Waals surface area contributed by atoms with Crippen LogP contribution in [0.3, 0.4) is 0 Å². The van der Waals surface area contributed by atoms with E-state index in [0.717, 1.165) is 26.2 Å². The maximum Gasteiger partial charge on any atom is 0.0447 e. The van der Waals surface area contributed by atoms with Crippen molar-refractivity contribution in [3.05, 3.63) is 30.3 Å². The van der Waals surface area contributed by atoms with Gasteiger partial charge in [-0.25, -0.2) is 0 Å². The van der Waals surface area contributed by atoms with Crippen molar-refractivity contribution < 1.29 is 0 Å². The first-order valence-corrected chi connectivity index (χ1v) is 4.76. The molecule has 1 radical (unpaired) electrons. The van der Waals surface area contributed by atoms with Crippen molar-refractivity contribution in [2.24, 2.45) is 0 Å². The summed E-state index contributed by atoms with van der Waals surface area (Å²) in [4.78, 5) is 4.75. The third-order valence-corrected chi connectivity index (χ3v) is 2.54. The molecule has 0 unspecified atom stereocenters. The molecule has 1 aromatic rings. The van der Waals surface area contributed by atoms with Crippen LogP contribution in [0, 0.1) is 6.07 Å². The molecule has 69 valence electrons. The second-order valence-electron chi connectivity index (χ2n) is 3.54. The number of anilines is 1. The largest absolute Gasteiger partial charge is 0.368 e. The maximum absolute atomic E-state index is 3.26. The molecule has 2 heteroatoms. The van der Waals surface area contributed by atoms with Gasteiger partial charge in [0, 0.05) is 37.9 Å². The Kier molecular flexibility index (Phi) is 2.50. The summed E-state index contributed by atoms with van der Waals surface area (Å²) in [7, 11) is 2.17. The smallest absolute Gasteiger partial charge is 0.0447 e. The van der Waals surface area contributed by atoms with Gasteiger partial charge in [-0.05, 0) is 13.1 Å². The lowest BCUT2D eigenvalue weighted by atomic mass is 10.2. The Morgan fingerprint density at radius 2 is 1.92 bits per heavy atom. The highest BCUT2D eigenvalue weighted by Crippen LogP contribution is 2.13. The first-order chi connectivity index (χ1) is 6.36. The van der Waals surface area contributed by atoms with E-state index < -0.39 is 0 Å². The van der Waals surface area contributed by atoms with Crippen molar-refractivity contribution in [2.45, 2.75) is 0 Å². The molecule has 0 N–H and O–H groups in total. The Labute approximate surface area is 79.8 Å². The number of piperazine rings is 1. The predicted octanol–water partition coefficient (Wildman–Crippen LogP) is 1.24. The molecule has 1 fully saturated rings. The summed E-state index contributed by atoms with van der Waals surface area (Å²) in [6.07, 6.45) is 0. The summed E-state index contributed by atoms with van der Waals surface area (Å²) >= 11 is 0. The predicted molar refractivity (Wildman–Crippen MR) is 55.0 cm³/mol. The van der Waals surface area contributed by atoms with Crippen LogP contribution >= 0.6 is 0 Å². The summed E-state index contributed by atoms with van der Waals surface area (Å²) < 4.78 is 0. The van der Waals surface area contributed by atoms with Crippen LogP contribution in [-0.4, -0.2) is 38.1 Å². The molecule has 0 spiro atoms. The first-order valence-electron chi connectivity index (χ1n) is 4.76. The van der Waals surface area contributed by atoms with Gasteiger partial charge in [0.05, 0.1) is 0 Å². The van der Waals surface area contributed by atoms with Gasteiger partial charge in [0.1, 0.15) is 0 Å². The zero-order valence-electron chi connectivity index (χ0n) is 8.03. The Balaban J connectivity index is 2.03. The summed E-state index contributed by atoms with van der Waals surface area (Å²) in [5.41, 5.74) is 1.23. The van der Waals surface area contributed by atoms with Crippen molar-refractivity contribution in [1.82, 2.24) is 4.90 Å². The Bertz CT molecular complexity index is 250. The molecular formula is C11H15N2. The summed E-state index contributed by atoms with van der Waals surface area (Å²) in [5.74, 6) is 0. The molecule has 0 amide bonds. The van der Waals surface area contributed by atoms with Crippen LogP contribution in [0.4, 0.5) is 5.69 Å². The normalized spacial score (nSPS) is 19.0. The van der Waals surface area contributed by atoms with E-state index in [1.807, 2.05) is 12.1 Å². The summed E-state index contributed by atoms with van der Waals surface area (Å²) in [5, 5.41) is 0. The third-order valence-electron chi connectivity index (χ3n) is 2.54. The number of hydrogen-bond donors (Lipinski definition) is 0. The lowest BCUT2D eigenvalue weighted by Crippen LogP contribution is -2.44. The average Bonchev–Trinajstić information content (AvgIpc) is 2.20. The number of benzene rings is 1. The Hall–Kier alpha value is -1.02. The van der Waals surface area contributed by atoms with E-state index in [1.54, 1.807) is 0 Å². The number of likely N-dealkylation sites (N-methyl/N-ethyl adjacent to an activating group) is 1. The van der Waals surface area contributed by atoms with Crippen LogP contribution in [0.25, 0.3) is 0 Å². The van der Waals surface area contributed by atoms with Gasteiger partial charge in [-0.2, -0.15) is 0 Å². The van der Waals surface area contributed by atoms with Gasteiger partial charge in [-0.15, -0.1) is 0 Å². The lowest BCUT2D eigenvalue weighted by molar-refractivity contribution is 0.313. The molecule has 0 saturated carbocycles. The van der Waals surface area contributed by atoms with Gasteiger partial charge in [-0.3, -0.25) is 0 Å². The molecule has 1 heterocycles.